The van der Waals surface area contributed by atoms with Crippen LogP contribution in [-0.2, 0) is 6.54 Å². The molecule has 0 saturated heterocycles. The van der Waals surface area contributed by atoms with Crippen molar-refractivity contribution in [2.75, 3.05) is 0 Å². The summed E-state index contributed by atoms with van der Waals surface area (Å²) in [6.45, 7) is 2.28. The minimum Gasteiger partial charge on any atom is -0.467 e. The summed E-state index contributed by atoms with van der Waals surface area (Å²) in [4.78, 5) is 5.41. The Labute approximate surface area is 186 Å². The Morgan fingerprint density at radius 1 is 1.19 bits per heavy atom. The molecule has 5 rings (SSSR count). The van der Waals surface area contributed by atoms with E-state index in [2.05, 4.69) is 20.3 Å². The van der Waals surface area contributed by atoms with E-state index in [0.717, 1.165) is 16.2 Å². The third kappa shape index (κ3) is 3.79. The van der Waals surface area contributed by atoms with E-state index in [1.54, 1.807) is 23.7 Å². The van der Waals surface area contributed by atoms with E-state index < -0.39 is 5.25 Å². The van der Waals surface area contributed by atoms with Gasteiger partial charge in [-0.15, -0.1) is 21.5 Å². The first-order valence-electron chi connectivity index (χ1n) is 9.37. The number of aryl methyl sites for hydroxylation is 1. The molecule has 0 spiro atoms. The number of furan rings is 1. The second kappa shape index (κ2) is 8.12. The molecular weight excluding hydrogens is 437 g/mol. The molecule has 4 aromatic heterocycles. The average Bonchev–Trinajstić information content (AvgIpc) is 3.56. The highest BCUT2D eigenvalue weighted by atomic mass is 32.1. The highest BCUT2D eigenvalue weighted by Crippen LogP contribution is 2.32. The molecular formula is C21H16FN5O2S2. The third-order valence-electron chi connectivity index (χ3n) is 4.78. The maximum Gasteiger partial charge on any atom is 0.258 e. The summed E-state index contributed by atoms with van der Waals surface area (Å²) in [6, 6.07) is 12.1. The zero-order valence-corrected chi connectivity index (χ0v) is 18.0. The molecule has 1 unspecified atom stereocenters. The molecule has 0 amide bonds. The van der Waals surface area contributed by atoms with Gasteiger partial charge in [0, 0.05) is 5.56 Å². The van der Waals surface area contributed by atoms with Gasteiger partial charge in [0.25, 0.3) is 5.89 Å². The van der Waals surface area contributed by atoms with Crippen LogP contribution in [0.2, 0.25) is 0 Å². The number of hydrogen-bond donors (Lipinski definition) is 1. The highest BCUT2D eigenvalue weighted by molar-refractivity contribution is 7.80. The Hall–Kier alpha value is -3.24. The molecule has 1 aromatic carbocycles. The molecule has 4 heterocycles. The number of thiol groups is 1. The standard InChI is InChI=1S/C21H16FN5O2S2/c1-12-6-7-13(22)10-15(12)21-23-18(26-29-21)17(30)20-25-24-19(16-5-3-9-31-16)27(20)11-14-4-2-8-28-14/h2-10,17,30H,11H2,1H3. The molecule has 10 heteroatoms. The Morgan fingerprint density at radius 2 is 2.10 bits per heavy atom. The number of thiophene rings is 1. The number of aromatic nitrogens is 5. The molecule has 0 aliphatic carbocycles. The van der Waals surface area contributed by atoms with Crippen molar-refractivity contribution < 1.29 is 13.3 Å². The quantitative estimate of drug-likeness (QED) is 0.358. The normalized spacial score (nSPS) is 12.4. The van der Waals surface area contributed by atoms with Crippen molar-refractivity contribution in [3.63, 3.8) is 0 Å². The van der Waals surface area contributed by atoms with Crippen LogP contribution in [0.1, 0.15) is 28.2 Å². The SMILES string of the molecule is Cc1ccc(F)cc1-c1nc(C(S)c2nnc(-c3cccs3)n2Cc2ccco2)no1. The van der Waals surface area contributed by atoms with E-state index in [4.69, 9.17) is 21.6 Å². The fourth-order valence-corrected chi connectivity index (χ4v) is 4.23. The number of hydrogen-bond acceptors (Lipinski definition) is 8. The summed E-state index contributed by atoms with van der Waals surface area (Å²) < 4.78 is 26.5. The van der Waals surface area contributed by atoms with Crippen molar-refractivity contribution in [1.29, 1.82) is 0 Å². The monoisotopic (exact) mass is 453 g/mol. The second-order valence-corrected chi connectivity index (χ2v) is 8.31. The van der Waals surface area contributed by atoms with E-state index in [9.17, 15) is 4.39 Å². The summed E-state index contributed by atoms with van der Waals surface area (Å²) in [7, 11) is 0. The molecule has 7 nitrogen and oxygen atoms in total. The van der Waals surface area contributed by atoms with E-state index in [-0.39, 0.29) is 11.7 Å². The fourth-order valence-electron chi connectivity index (χ4n) is 3.22. The van der Waals surface area contributed by atoms with E-state index in [1.807, 2.05) is 41.1 Å². The summed E-state index contributed by atoms with van der Waals surface area (Å²) in [6.07, 6.45) is 1.62. The Morgan fingerprint density at radius 3 is 2.87 bits per heavy atom. The van der Waals surface area contributed by atoms with Crippen molar-refractivity contribution >= 4 is 24.0 Å². The van der Waals surface area contributed by atoms with Gasteiger partial charge in [-0.05, 0) is 48.2 Å². The van der Waals surface area contributed by atoms with Gasteiger partial charge < -0.3 is 13.5 Å². The molecule has 0 radical (unpaired) electrons. The van der Waals surface area contributed by atoms with Crippen LogP contribution in [0, 0.1) is 12.7 Å². The van der Waals surface area contributed by atoms with Gasteiger partial charge in [0.2, 0.25) is 0 Å². The minimum atomic E-state index is -0.609. The van der Waals surface area contributed by atoms with Gasteiger partial charge >= 0.3 is 0 Å². The maximum absolute atomic E-state index is 13.7. The Bertz CT molecular complexity index is 1310. The maximum atomic E-state index is 13.7. The lowest BCUT2D eigenvalue weighted by Crippen LogP contribution is -2.10. The molecule has 156 valence electrons. The minimum absolute atomic E-state index is 0.224. The van der Waals surface area contributed by atoms with Crippen LogP contribution in [0.5, 0.6) is 0 Å². The zero-order chi connectivity index (χ0) is 21.4. The summed E-state index contributed by atoms with van der Waals surface area (Å²) in [5.41, 5.74) is 1.36. The van der Waals surface area contributed by atoms with Crippen LogP contribution in [-0.4, -0.2) is 24.9 Å². The number of benzene rings is 1. The first-order valence-corrected chi connectivity index (χ1v) is 10.8. The first kappa shape index (κ1) is 19.7. The van der Waals surface area contributed by atoms with Crippen molar-refractivity contribution in [3.05, 3.63) is 82.9 Å². The molecule has 0 saturated carbocycles. The predicted molar refractivity (Wildman–Crippen MR) is 116 cm³/mol. The van der Waals surface area contributed by atoms with E-state index in [0.29, 0.717) is 29.6 Å². The molecule has 1 atom stereocenters. The van der Waals surface area contributed by atoms with Crippen molar-refractivity contribution in [2.45, 2.75) is 18.7 Å². The van der Waals surface area contributed by atoms with Gasteiger partial charge in [-0.25, -0.2) is 4.39 Å². The van der Waals surface area contributed by atoms with Gasteiger partial charge in [0.15, 0.2) is 17.5 Å². The second-order valence-electron chi connectivity index (χ2n) is 6.84. The molecule has 0 N–H and O–H groups in total. The zero-order valence-electron chi connectivity index (χ0n) is 16.3. The number of nitrogens with zero attached hydrogens (tertiary/aromatic N) is 5. The smallest absolute Gasteiger partial charge is 0.258 e. The largest absolute Gasteiger partial charge is 0.467 e. The predicted octanol–water partition coefficient (Wildman–Crippen LogP) is 5.16. The number of halogens is 1. The lowest BCUT2D eigenvalue weighted by atomic mass is 10.1. The van der Waals surface area contributed by atoms with Crippen LogP contribution in [0.4, 0.5) is 4.39 Å². The highest BCUT2D eigenvalue weighted by Gasteiger charge is 2.26. The van der Waals surface area contributed by atoms with Crippen molar-refractivity contribution in [3.8, 4) is 22.2 Å². The lowest BCUT2D eigenvalue weighted by Gasteiger charge is -2.10. The van der Waals surface area contributed by atoms with Crippen molar-refractivity contribution in [2.24, 2.45) is 0 Å². The molecule has 31 heavy (non-hydrogen) atoms. The Kier molecular flexibility index (Phi) is 5.16. The van der Waals surface area contributed by atoms with Gasteiger partial charge in [0.05, 0.1) is 17.7 Å². The van der Waals surface area contributed by atoms with Crippen LogP contribution in [0.15, 0.2) is 63.0 Å². The van der Waals surface area contributed by atoms with Crippen molar-refractivity contribution in [1.82, 2.24) is 24.9 Å². The molecule has 0 bridgehead atoms. The van der Waals surface area contributed by atoms with Gasteiger partial charge in [-0.1, -0.05) is 17.3 Å². The Balaban J connectivity index is 1.53. The van der Waals surface area contributed by atoms with Crippen LogP contribution in [0.25, 0.3) is 22.2 Å². The van der Waals surface area contributed by atoms with Gasteiger partial charge in [0.1, 0.15) is 16.8 Å². The van der Waals surface area contributed by atoms with Crippen LogP contribution >= 0.6 is 24.0 Å². The fraction of sp³-hybridized carbons (Fsp3) is 0.143. The first-order chi connectivity index (χ1) is 15.1. The summed E-state index contributed by atoms with van der Waals surface area (Å²) in [5, 5.41) is 14.2. The summed E-state index contributed by atoms with van der Waals surface area (Å²) in [5.74, 6) is 2.16. The van der Waals surface area contributed by atoms with E-state index in [1.165, 1.54) is 12.1 Å². The molecule has 5 aromatic rings. The van der Waals surface area contributed by atoms with Gasteiger partial charge in [-0.3, -0.25) is 0 Å². The summed E-state index contributed by atoms with van der Waals surface area (Å²) >= 11 is 6.27. The molecule has 0 aliphatic heterocycles. The molecule has 0 aliphatic rings. The average molecular weight is 454 g/mol. The van der Waals surface area contributed by atoms with Crippen LogP contribution < -0.4 is 0 Å². The third-order valence-corrected chi connectivity index (χ3v) is 6.10. The molecule has 0 fully saturated rings. The van der Waals surface area contributed by atoms with E-state index >= 15 is 0 Å². The van der Waals surface area contributed by atoms with Crippen LogP contribution in [0.3, 0.4) is 0 Å². The van der Waals surface area contributed by atoms with Gasteiger partial charge in [-0.2, -0.15) is 17.6 Å². The number of rotatable bonds is 6. The lowest BCUT2D eigenvalue weighted by molar-refractivity contribution is 0.422. The topological polar surface area (TPSA) is 82.8 Å².